The zero-order valence-corrected chi connectivity index (χ0v) is 16.3. The molecule has 156 valence electrons. The smallest absolute Gasteiger partial charge is 0.338 e. The van der Waals surface area contributed by atoms with Gasteiger partial charge in [-0.05, 0) is 42.5 Å². The van der Waals surface area contributed by atoms with Crippen molar-refractivity contribution in [3.63, 3.8) is 0 Å². The summed E-state index contributed by atoms with van der Waals surface area (Å²) < 4.78 is 16.1. The van der Waals surface area contributed by atoms with Gasteiger partial charge in [0.15, 0.2) is 13.2 Å². The normalized spacial score (nSPS) is 12.1. The van der Waals surface area contributed by atoms with E-state index < -0.39 is 18.5 Å². The molecule has 8 nitrogen and oxygen atoms in total. The first-order chi connectivity index (χ1) is 15.1. The molecule has 1 aliphatic rings. The largest absolute Gasteiger partial charge is 0.482 e. The fourth-order valence-corrected chi connectivity index (χ4v) is 2.88. The van der Waals surface area contributed by atoms with E-state index in [0.717, 1.165) is 0 Å². The number of hydrogen-bond acceptors (Lipinski definition) is 6. The van der Waals surface area contributed by atoms with Crippen molar-refractivity contribution in [2.75, 3.05) is 23.8 Å². The van der Waals surface area contributed by atoms with E-state index in [2.05, 4.69) is 10.6 Å². The van der Waals surface area contributed by atoms with Crippen LogP contribution in [0.15, 0.2) is 72.8 Å². The summed E-state index contributed by atoms with van der Waals surface area (Å²) in [5, 5.41) is 5.29. The van der Waals surface area contributed by atoms with Gasteiger partial charge >= 0.3 is 5.97 Å². The monoisotopic (exact) mass is 418 g/mol. The van der Waals surface area contributed by atoms with Gasteiger partial charge in [-0.1, -0.05) is 24.3 Å². The number of para-hydroxylation sites is 1. The van der Waals surface area contributed by atoms with E-state index in [1.165, 1.54) is 12.1 Å². The first-order valence-corrected chi connectivity index (χ1v) is 9.43. The third kappa shape index (κ3) is 5.18. The van der Waals surface area contributed by atoms with Crippen molar-refractivity contribution in [3.05, 3.63) is 78.4 Å². The van der Waals surface area contributed by atoms with E-state index >= 15 is 0 Å². The van der Waals surface area contributed by atoms with Crippen LogP contribution in [0.2, 0.25) is 0 Å². The Morgan fingerprint density at radius 2 is 1.77 bits per heavy atom. The molecule has 0 saturated carbocycles. The molecule has 0 atom stereocenters. The quantitative estimate of drug-likeness (QED) is 0.593. The number of amides is 2. The molecule has 4 rings (SSSR count). The topological polar surface area (TPSA) is 103 Å². The number of hydrogen-bond donors (Lipinski definition) is 2. The molecule has 0 unspecified atom stereocenters. The third-order valence-electron chi connectivity index (χ3n) is 4.28. The van der Waals surface area contributed by atoms with Gasteiger partial charge in [-0.3, -0.25) is 9.59 Å². The highest BCUT2D eigenvalue weighted by Crippen LogP contribution is 2.29. The molecule has 0 spiro atoms. The van der Waals surface area contributed by atoms with E-state index in [1.54, 1.807) is 30.3 Å². The number of nitrogens with one attached hydrogen (secondary N) is 2. The molecule has 0 aliphatic carbocycles. The number of rotatable bonds is 6. The van der Waals surface area contributed by atoms with E-state index in [9.17, 15) is 14.4 Å². The van der Waals surface area contributed by atoms with Crippen LogP contribution in [0.25, 0.3) is 0 Å². The van der Waals surface area contributed by atoms with Gasteiger partial charge in [-0.15, -0.1) is 0 Å². The first kappa shape index (κ1) is 20.0. The number of carbonyl (C=O) groups excluding carboxylic acids is 3. The van der Waals surface area contributed by atoms with E-state index in [-0.39, 0.29) is 18.1 Å². The summed E-state index contributed by atoms with van der Waals surface area (Å²) >= 11 is 0. The minimum atomic E-state index is -0.681. The van der Waals surface area contributed by atoms with Crippen molar-refractivity contribution < 1.29 is 28.6 Å². The van der Waals surface area contributed by atoms with Crippen LogP contribution < -0.4 is 20.1 Å². The van der Waals surface area contributed by atoms with Crippen molar-refractivity contribution >= 4 is 29.2 Å². The summed E-state index contributed by atoms with van der Waals surface area (Å²) in [6.45, 7) is -0.585. The Morgan fingerprint density at radius 1 is 0.968 bits per heavy atom. The van der Waals surface area contributed by atoms with Gasteiger partial charge in [0.05, 0.1) is 11.3 Å². The van der Waals surface area contributed by atoms with Gasteiger partial charge < -0.3 is 24.8 Å². The molecular weight excluding hydrogens is 400 g/mol. The minimum Gasteiger partial charge on any atom is -0.482 e. The standard InChI is InChI=1S/C23H18N2O6/c26-21(24-16-5-4-8-18(12-16)31-17-6-2-1-3-7-17)14-30-23(28)15-9-10-19-20(11-15)29-13-22(27)25-19/h1-12H,13-14H2,(H,24,26)(H,25,27). The Labute approximate surface area is 177 Å². The molecule has 1 aliphatic heterocycles. The molecule has 31 heavy (non-hydrogen) atoms. The third-order valence-corrected chi connectivity index (χ3v) is 4.28. The van der Waals surface area contributed by atoms with Crippen LogP contribution >= 0.6 is 0 Å². The van der Waals surface area contributed by atoms with Crippen molar-refractivity contribution in [1.82, 2.24) is 0 Å². The second-order valence-corrected chi connectivity index (χ2v) is 6.62. The summed E-state index contributed by atoms with van der Waals surface area (Å²) in [5.74, 6) is 0.161. The summed E-state index contributed by atoms with van der Waals surface area (Å²) in [5.41, 5.74) is 1.19. The Balaban J connectivity index is 1.32. The number of fused-ring (bicyclic) bond motifs is 1. The SMILES string of the molecule is O=C(COC(=O)c1ccc2c(c1)OCC(=O)N2)Nc1cccc(Oc2ccccc2)c1. The van der Waals surface area contributed by atoms with Gasteiger partial charge in [0.25, 0.3) is 11.8 Å². The molecule has 8 heteroatoms. The molecule has 0 fully saturated rings. The summed E-state index contributed by atoms with van der Waals surface area (Å²) in [7, 11) is 0. The van der Waals surface area contributed by atoms with Crippen LogP contribution in [-0.4, -0.2) is 31.0 Å². The highest BCUT2D eigenvalue weighted by Gasteiger charge is 2.19. The molecular formula is C23H18N2O6. The second kappa shape index (κ2) is 9.00. The average Bonchev–Trinajstić information content (AvgIpc) is 2.78. The number of anilines is 2. The van der Waals surface area contributed by atoms with Gasteiger partial charge in [-0.2, -0.15) is 0 Å². The molecule has 0 bridgehead atoms. The number of carbonyl (C=O) groups is 3. The second-order valence-electron chi connectivity index (χ2n) is 6.62. The fourth-order valence-electron chi connectivity index (χ4n) is 2.88. The zero-order valence-electron chi connectivity index (χ0n) is 16.3. The first-order valence-electron chi connectivity index (χ1n) is 9.43. The maximum atomic E-state index is 12.2. The predicted octanol–water partition coefficient (Wildman–Crippen LogP) is 3.61. The molecule has 2 amide bonds. The van der Waals surface area contributed by atoms with Crippen molar-refractivity contribution in [3.8, 4) is 17.2 Å². The van der Waals surface area contributed by atoms with Gasteiger partial charge in [0, 0.05) is 11.8 Å². The minimum absolute atomic E-state index is 0.124. The van der Waals surface area contributed by atoms with Crippen LogP contribution in [0.5, 0.6) is 17.2 Å². The predicted molar refractivity (Wildman–Crippen MR) is 112 cm³/mol. The van der Waals surface area contributed by atoms with E-state index in [0.29, 0.717) is 28.6 Å². The molecule has 0 radical (unpaired) electrons. The lowest BCUT2D eigenvalue weighted by Gasteiger charge is -2.18. The maximum Gasteiger partial charge on any atom is 0.338 e. The Bertz CT molecular complexity index is 1130. The highest BCUT2D eigenvalue weighted by atomic mass is 16.5. The van der Waals surface area contributed by atoms with Crippen LogP contribution in [0, 0.1) is 0 Å². The van der Waals surface area contributed by atoms with Crippen LogP contribution in [-0.2, 0) is 14.3 Å². The fraction of sp³-hybridized carbons (Fsp3) is 0.0870. The molecule has 0 aromatic heterocycles. The number of esters is 1. The molecule has 0 saturated heterocycles. The Morgan fingerprint density at radius 3 is 2.61 bits per heavy atom. The van der Waals surface area contributed by atoms with E-state index in [1.807, 2.05) is 30.3 Å². The van der Waals surface area contributed by atoms with Crippen LogP contribution in [0.1, 0.15) is 10.4 Å². The van der Waals surface area contributed by atoms with Crippen molar-refractivity contribution in [2.45, 2.75) is 0 Å². The Hall–Kier alpha value is -4.33. The van der Waals surface area contributed by atoms with Crippen molar-refractivity contribution in [2.24, 2.45) is 0 Å². The van der Waals surface area contributed by atoms with Crippen molar-refractivity contribution in [1.29, 1.82) is 0 Å². The Kier molecular flexibility index (Phi) is 5.79. The molecule has 1 heterocycles. The lowest BCUT2D eigenvalue weighted by molar-refractivity contribution is -0.119. The summed E-state index contributed by atoms with van der Waals surface area (Å²) in [4.78, 5) is 35.7. The van der Waals surface area contributed by atoms with E-state index in [4.69, 9.17) is 14.2 Å². The molecule has 3 aromatic rings. The summed E-state index contributed by atoms with van der Waals surface area (Å²) in [6.07, 6.45) is 0. The average molecular weight is 418 g/mol. The summed E-state index contributed by atoms with van der Waals surface area (Å²) in [6, 6.07) is 20.6. The van der Waals surface area contributed by atoms with Crippen LogP contribution in [0.4, 0.5) is 11.4 Å². The maximum absolute atomic E-state index is 12.2. The number of benzene rings is 3. The lowest BCUT2D eigenvalue weighted by Crippen LogP contribution is -2.25. The van der Waals surface area contributed by atoms with Gasteiger partial charge in [-0.25, -0.2) is 4.79 Å². The molecule has 3 aromatic carbocycles. The zero-order chi connectivity index (χ0) is 21.6. The van der Waals surface area contributed by atoms with Gasteiger partial charge in [0.1, 0.15) is 17.2 Å². The molecule has 2 N–H and O–H groups in total. The van der Waals surface area contributed by atoms with Crippen LogP contribution in [0.3, 0.4) is 0 Å². The number of ether oxygens (including phenoxy) is 3. The highest BCUT2D eigenvalue weighted by molar-refractivity contribution is 5.98. The lowest BCUT2D eigenvalue weighted by atomic mass is 10.1. The van der Waals surface area contributed by atoms with Gasteiger partial charge in [0.2, 0.25) is 0 Å².